The van der Waals surface area contributed by atoms with Gasteiger partial charge >= 0.3 is 5.69 Å². The van der Waals surface area contributed by atoms with Gasteiger partial charge in [-0.15, -0.1) is 0 Å². The van der Waals surface area contributed by atoms with Crippen LogP contribution < -0.4 is 21.3 Å². The standard InChI is InChI=1S/C25H35FN4O6/c1-14(2)23(32)27-16(5)11-30-24(33)20(17(6)28-36-15(3)4)12-29(25(30)34)13-21(31)19-9-8-18(26)10-22(19)35-7/h8-10,12,14-16,21,31H,11,13H2,1-7H3,(H,27,32)/b28-17+. The van der Waals surface area contributed by atoms with E-state index in [-0.39, 0.29) is 53.6 Å². The minimum atomic E-state index is -1.25. The molecule has 2 aromatic rings. The molecule has 0 saturated heterocycles. The van der Waals surface area contributed by atoms with Gasteiger partial charge in [-0.3, -0.25) is 18.7 Å². The number of benzene rings is 1. The average Bonchev–Trinajstić information content (AvgIpc) is 2.81. The van der Waals surface area contributed by atoms with Crippen LogP contribution in [0.5, 0.6) is 5.75 Å². The molecule has 0 aliphatic rings. The van der Waals surface area contributed by atoms with Crippen LogP contribution >= 0.6 is 0 Å². The minimum Gasteiger partial charge on any atom is -0.496 e. The molecule has 0 bridgehead atoms. The second kappa shape index (κ2) is 12.5. The van der Waals surface area contributed by atoms with Crippen LogP contribution in [0.3, 0.4) is 0 Å². The molecule has 0 radical (unpaired) electrons. The molecule has 1 heterocycles. The summed E-state index contributed by atoms with van der Waals surface area (Å²) in [7, 11) is 1.34. The van der Waals surface area contributed by atoms with E-state index < -0.39 is 29.2 Å². The number of methoxy groups -OCH3 is 1. The SMILES string of the molecule is COc1cc(F)ccc1C(O)Cn1cc(/C(C)=N/OC(C)C)c(=O)n(CC(C)NC(=O)C(C)C)c1=O. The predicted molar refractivity (Wildman–Crippen MR) is 134 cm³/mol. The maximum atomic E-state index is 13.6. The summed E-state index contributed by atoms with van der Waals surface area (Å²) in [5.74, 6) is -0.896. The number of aliphatic hydroxyl groups excluding tert-OH is 1. The first-order valence-corrected chi connectivity index (χ1v) is 11.7. The number of halogens is 1. The number of carbonyl (C=O) groups excluding carboxylic acids is 1. The number of nitrogens with one attached hydrogen (secondary N) is 1. The maximum Gasteiger partial charge on any atom is 0.331 e. The minimum absolute atomic E-state index is 0.0934. The van der Waals surface area contributed by atoms with Crippen molar-refractivity contribution in [1.82, 2.24) is 14.5 Å². The third kappa shape index (κ3) is 7.27. The summed E-state index contributed by atoms with van der Waals surface area (Å²) in [6.45, 7) is 9.94. The van der Waals surface area contributed by atoms with Crippen LogP contribution in [0.2, 0.25) is 0 Å². The number of rotatable bonds is 11. The van der Waals surface area contributed by atoms with Crippen molar-refractivity contribution in [3.8, 4) is 5.75 Å². The van der Waals surface area contributed by atoms with Gasteiger partial charge in [0.1, 0.15) is 23.8 Å². The van der Waals surface area contributed by atoms with Crippen molar-refractivity contribution in [3.63, 3.8) is 0 Å². The number of aliphatic hydroxyl groups is 1. The average molecular weight is 507 g/mol. The van der Waals surface area contributed by atoms with E-state index in [1.165, 1.54) is 30.0 Å². The molecule has 1 aromatic heterocycles. The van der Waals surface area contributed by atoms with Crippen LogP contribution in [0.15, 0.2) is 39.1 Å². The lowest BCUT2D eigenvalue weighted by Crippen LogP contribution is -2.48. The van der Waals surface area contributed by atoms with Gasteiger partial charge in [-0.05, 0) is 39.8 Å². The van der Waals surface area contributed by atoms with Crippen LogP contribution in [0.25, 0.3) is 0 Å². The summed E-state index contributed by atoms with van der Waals surface area (Å²) in [6, 6.07) is 3.15. The highest BCUT2D eigenvalue weighted by Crippen LogP contribution is 2.26. The molecule has 2 atom stereocenters. The Kier molecular flexibility index (Phi) is 9.97. The van der Waals surface area contributed by atoms with Gasteiger partial charge in [0.25, 0.3) is 5.56 Å². The van der Waals surface area contributed by atoms with Crippen molar-refractivity contribution in [1.29, 1.82) is 0 Å². The Labute approximate surface area is 209 Å². The third-order valence-electron chi connectivity index (χ3n) is 5.32. The molecule has 2 unspecified atom stereocenters. The van der Waals surface area contributed by atoms with Crippen LogP contribution in [0.1, 0.15) is 58.8 Å². The molecular weight excluding hydrogens is 471 g/mol. The first-order chi connectivity index (χ1) is 16.8. The number of oxime groups is 1. The van der Waals surface area contributed by atoms with Crippen molar-refractivity contribution in [2.75, 3.05) is 7.11 Å². The van der Waals surface area contributed by atoms with Gasteiger partial charge in [-0.25, -0.2) is 9.18 Å². The van der Waals surface area contributed by atoms with Crippen molar-refractivity contribution in [2.24, 2.45) is 11.1 Å². The molecule has 1 amide bonds. The first kappa shape index (κ1) is 28.8. The van der Waals surface area contributed by atoms with E-state index in [0.717, 1.165) is 10.6 Å². The molecule has 2 N–H and O–H groups in total. The van der Waals surface area contributed by atoms with Gasteiger partial charge in [0.15, 0.2) is 0 Å². The van der Waals surface area contributed by atoms with E-state index in [2.05, 4.69) is 10.5 Å². The summed E-state index contributed by atoms with van der Waals surface area (Å²) in [5, 5.41) is 17.6. The number of hydrogen-bond acceptors (Lipinski definition) is 7. The van der Waals surface area contributed by atoms with Crippen LogP contribution in [-0.2, 0) is 22.7 Å². The number of nitrogens with zero attached hydrogens (tertiary/aromatic N) is 3. The summed E-state index contributed by atoms with van der Waals surface area (Å²) >= 11 is 0. The van der Waals surface area contributed by atoms with E-state index >= 15 is 0 Å². The Morgan fingerprint density at radius 1 is 1.17 bits per heavy atom. The monoisotopic (exact) mass is 506 g/mol. The van der Waals surface area contributed by atoms with Crippen LogP contribution in [0, 0.1) is 11.7 Å². The second-order valence-electron chi connectivity index (χ2n) is 9.19. The van der Waals surface area contributed by atoms with Crippen LogP contribution in [0.4, 0.5) is 4.39 Å². The van der Waals surface area contributed by atoms with Crippen molar-refractivity contribution < 1.29 is 23.9 Å². The Hall–Kier alpha value is -3.47. The molecule has 1 aromatic carbocycles. The van der Waals surface area contributed by atoms with E-state index in [4.69, 9.17) is 9.57 Å². The van der Waals surface area contributed by atoms with Gasteiger partial charge in [-0.1, -0.05) is 19.0 Å². The van der Waals surface area contributed by atoms with E-state index in [1.54, 1.807) is 41.5 Å². The Morgan fingerprint density at radius 3 is 2.42 bits per heavy atom. The number of hydrogen-bond donors (Lipinski definition) is 2. The zero-order valence-corrected chi connectivity index (χ0v) is 21.7. The molecular formula is C25H35FN4O6. The fourth-order valence-electron chi connectivity index (χ4n) is 3.40. The van der Waals surface area contributed by atoms with Gasteiger partial charge in [0, 0.05) is 29.8 Å². The van der Waals surface area contributed by atoms with Crippen LogP contribution in [-0.4, -0.2) is 45.1 Å². The van der Waals surface area contributed by atoms with E-state index in [1.807, 2.05) is 0 Å². The summed E-state index contributed by atoms with van der Waals surface area (Å²) in [4.78, 5) is 43.9. The Morgan fingerprint density at radius 2 is 1.83 bits per heavy atom. The molecule has 0 aliphatic carbocycles. The number of carbonyl (C=O) groups is 1. The summed E-state index contributed by atoms with van der Waals surface area (Å²) in [6.07, 6.45) is -0.174. The number of ether oxygens (including phenoxy) is 1. The van der Waals surface area contributed by atoms with E-state index in [9.17, 15) is 23.9 Å². The van der Waals surface area contributed by atoms with Gasteiger partial charge in [0.2, 0.25) is 5.91 Å². The predicted octanol–water partition coefficient (Wildman–Crippen LogP) is 2.20. The Balaban J connectivity index is 2.56. The molecule has 0 saturated carbocycles. The lowest BCUT2D eigenvalue weighted by atomic mass is 10.1. The fourth-order valence-corrected chi connectivity index (χ4v) is 3.40. The fraction of sp³-hybridized carbons (Fsp3) is 0.520. The van der Waals surface area contributed by atoms with Gasteiger partial charge in [0.05, 0.1) is 31.5 Å². The smallest absolute Gasteiger partial charge is 0.331 e. The highest BCUT2D eigenvalue weighted by Gasteiger charge is 2.21. The molecule has 2 rings (SSSR count). The molecule has 11 heteroatoms. The van der Waals surface area contributed by atoms with Gasteiger partial charge in [-0.2, -0.15) is 0 Å². The third-order valence-corrected chi connectivity index (χ3v) is 5.32. The topological polar surface area (TPSA) is 124 Å². The molecule has 198 valence electrons. The van der Waals surface area contributed by atoms with Crippen molar-refractivity contribution >= 4 is 11.6 Å². The van der Waals surface area contributed by atoms with Crippen molar-refractivity contribution in [2.45, 2.75) is 72.9 Å². The molecule has 36 heavy (non-hydrogen) atoms. The number of aromatic nitrogens is 2. The second-order valence-corrected chi connectivity index (χ2v) is 9.19. The Bertz CT molecular complexity index is 1220. The zero-order chi connectivity index (χ0) is 27.2. The summed E-state index contributed by atoms with van der Waals surface area (Å²) < 4.78 is 20.9. The molecule has 0 spiro atoms. The first-order valence-electron chi connectivity index (χ1n) is 11.7. The maximum absolute atomic E-state index is 13.6. The lowest BCUT2D eigenvalue weighted by Gasteiger charge is -2.20. The quantitative estimate of drug-likeness (QED) is 0.356. The molecule has 0 fully saturated rings. The lowest BCUT2D eigenvalue weighted by molar-refractivity contribution is -0.124. The largest absolute Gasteiger partial charge is 0.496 e. The normalized spacial score (nSPS) is 13.6. The summed E-state index contributed by atoms with van der Waals surface area (Å²) in [5.41, 5.74) is -0.688. The molecule has 10 nitrogen and oxygen atoms in total. The highest BCUT2D eigenvalue weighted by molar-refractivity contribution is 5.97. The van der Waals surface area contributed by atoms with Crippen molar-refractivity contribution in [3.05, 3.63) is 62.2 Å². The van der Waals surface area contributed by atoms with Gasteiger partial charge < -0.3 is 20.0 Å². The molecule has 0 aliphatic heterocycles. The zero-order valence-electron chi connectivity index (χ0n) is 21.7. The van der Waals surface area contributed by atoms with E-state index in [0.29, 0.717) is 0 Å². The number of amides is 1. The highest BCUT2D eigenvalue weighted by atomic mass is 19.1.